The zero-order valence-electron chi connectivity index (χ0n) is 14.1. The summed E-state index contributed by atoms with van der Waals surface area (Å²) in [6, 6.07) is 6.89. The van der Waals surface area contributed by atoms with Gasteiger partial charge in [-0.3, -0.25) is 9.35 Å². The molecule has 0 heterocycles. The Bertz CT molecular complexity index is 822. The number of Topliss-reactive ketones (excluding diaryl/α,β-unsaturated/α-hetero) is 1. The first kappa shape index (κ1) is 17.2. The zero-order valence-corrected chi connectivity index (χ0v) is 14.9. The Morgan fingerprint density at radius 2 is 2.08 bits per heavy atom. The van der Waals surface area contributed by atoms with Gasteiger partial charge in [-0.15, -0.1) is 0 Å². The second-order valence-electron chi connectivity index (χ2n) is 7.25. The Kier molecular flexibility index (Phi) is 3.88. The molecule has 2 bridgehead atoms. The van der Waals surface area contributed by atoms with Gasteiger partial charge in [0.25, 0.3) is 10.1 Å². The molecule has 5 nitrogen and oxygen atoms in total. The third-order valence-corrected chi connectivity index (χ3v) is 7.01. The number of carbonyl (C=O) groups is 1. The number of fused-ring (bicyclic) bond motifs is 2. The van der Waals surface area contributed by atoms with Crippen LogP contribution in [0.15, 0.2) is 29.2 Å². The molecule has 6 heteroatoms. The molecule has 2 atom stereocenters. The van der Waals surface area contributed by atoms with Crippen molar-refractivity contribution in [2.24, 2.45) is 16.7 Å². The number of rotatable bonds is 4. The summed E-state index contributed by atoms with van der Waals surface area (Å²) in [4.78, 5) is 12.6. The van der Waals surface area contributed by atoms with Crippen LogP contribution < -0.4 is 4.74 Å². The standard InChI is InChI=1S/C18H22O5S/c1-17(2)13-7-8-18(17,15(19)11-13)16(24(20,21)22)10-12-5-4-6-14(9-12)23-3/h4-6,9-10,13H,7-8,11H2,1-3H3,(H,20,21,22). The molecule has 2 aliphatic carbocycles. The smallest absolute Gasteiger partial charge is 0.291 e. The van der Waals surface area contributed by atoms with Gasteiger partial charge in [-0.05, 0) is 47.9 Å². The number of hydrogen-bond acceptors (Lipinski definition) is 4. The lowest BCUT2D eigenvalue weighted by Crippen LogP contribution is -2.40. The number of benzene rings is 1. The molecule has 130 valence electrons. The highest BCUT2D eigenvalue weighted by molar-refractivity contribution is 7.90. The maximum Gasteiger partial charge on any atom is 0.291 e. The van der Waals surface area contributed by atoms with E-state index in [0.29, 0.717) is 24.2 Å². The summed E-state index contributed by atoms with van der Waals surface area (Å²) in [5, 5.41) is 0. The van der Waals surface area contributed by atoms with E-state index in [9.17, 15) is 17.8 Å². The molecule has 0 amide bonds. The second kappa shape index (κ2) is 5.43. The van der Waals surface area contributed by atoms with Crippen molar-refractivity contribution in [3.8, 4) is 5.75 Å². The quantitative estimate of drug-likeness (QED) is 0.843. The summed E-state index contributed by atoms with van der Waals surface area (Å²) in [6.07, 6.45) is 3.05. The first-order valence-electron chi connectivity index (χ1n) is 8.00. The average Bonchev–Trinajstić information content (AvgIpc) is 2.86. The van der Waals surface area contributed by atoms with Crippen molar-refractivity contribution >= 4 is 22.0 Å². The predicted octanol–water partition coefficient (Wildman–Crippen LogP) is 3.32. The van der Waals surface area contributed by atoms with Crippen molar-refractivity contribution < 1.29 is 22.5 Å². The molecular weight excluding hydrogens is 328 g/mol. The van der Waals surface area contributed by atoms with Gasteiger partial charge in [-0.1, -0.05) is 26.0 Å². The molecule has 3 rings (SSSR count). The lowest BCUT2D eigenvalue weighted by molar-refractivity contribution is -0.126. The molecule has 1 aromatic rings. The summed E-state index contributed by atoms with van der Waals surface area (Å²) in [5.41, 5.74) is -1.06. The van der Waals surface area contributed by atoms with Gasteiger partial charge >= 0.3 is 0 Å². The van der Waals surface area contributed by atoms with Crippen LogP contribution in [0.3, 0.4) is 0 Å². The lowest BCUT2D eigenvalue weighted by atomic mass is 9.68. The Hall–Kier alpha value is -1.66. The fourth-order valence-corrected chi connectivity index (χ4v) is 5.76. The van der Waals surface area contributed by atoms with Gasteiger partial charge in [0.05, 0.1) is 17.4 Å². The van der Waals surface area contributed by atoms with Crippen molar-refractivity contribution in [1.29, 1.82) is 0 Å². The van der Waals surface area contributed by atoms with Crippen LogP contribution in [0.5, 0.6) is 5.75 Å². The maximum atomic E-state index is 12.7. The van der Waals surface area contributed by atoms with E-state index in [-0.39, 0.29) is 16.6 Å². The Balaban J connectivity index is 2.22. The summed E-state index contributed by atoms with van der Waals surface area (Å²) >= 11 is 0. The van der Waals surface area contributed by atoms with Gasteiger partial charge in [0, 0.05) is 6.42 Å². The molecule has 0 saturated heterocycles. The highest BCUT2D eigenvalue weighted by atomic mass is 32.2. The maximum absolute atomic E-state index is 12.7. The molecule has 1 N–H and O–H groups in total. The van der Waals surface area contributed by atoms with E-state index in [1.807, 2.05) is 13.8 Å². The van der Waals surface area contributed by atoms with Crippen molar-refractivity contribution in [3.05, 3.63) is 34.7 Å². The average molecular weight is 350 g/mol. The first-order chi connectivity index (χ1) is 11.1. The van der Waals surface area contributed by atoms with Crippen LogP contribution in [-0.4, -0.2) is 25.9 Å². The Morgan fingerprint density at radius 1 is 1.38 bits per heavy atom. The van der Waals surface area contributed by atoms with Gasteiger partial charge in [-0.2, -0.15) is 8.42 Å². The minimum atomic E-state index is -4.51. The van der Waals surface area contributed by atoms with Gasteiger partial charge in [0.2, 0.25) is 0 Å². The predicted molar refractivity (Wildman–Crippen MR) is 91.1 cm³/mol. The van der Waals surface area contributed by atoms with E-state index in [1.54, 1.807) is 24.3 Å². The van der Waals surface area contributed by atoms with Gasteiger partial charge in [0.1, 0.15) is 11.5 Å². The van der Waals surface area contributed by atoms with Crippen LogP contribution in [-0.2, 0) is 14.9 Å². The number of allylic oxidation sites excluding steroid dienone is 1. The minimum Gasteiger partial charge on any atom is -0.497 e. The number of methoxy groups -OCH3 is 1. The number of carbonyl (C=O) groups excluding carboxylic acids is 1. The molecular formula is C18H22O5S. The van der Waals surface area contributed by atoms with Crippen LogP contribution in [0.2, 0.25) is 0 Å². The van der Waals surface area contributed by atoms with E-state index >= 15 is 0 Å². The third kappa shape index (κ3) is 2.31. The highest BCUT2D eigenvalue weighted by Crippen LogP contribution is 2.67. The van der Waals surface area contributed by atoms with E-state index < -0.39 is 20.9 Å². The highest BCUT2D eigenvalue weighted by Gasteiger charge is 2.67. The van der Waals surface area contributed by atoms with Gasteiger partial charge < -0.3 is 4.74 Å². The van der Waals surface area contributed by atoms with E-state index in [1.165, 1.54) is 13.2 Å². The number of hydrogen-bond donors (Lipinski definition) is 1. The van der Waals surface area contributed by atoms with Gasteiger partial charge in [0.15, 0.2) is 0 Å². The van der Waals surface area contributed by atoms with Crippen molar-refractivity contribution in [2.45, 2.75) is 33.1 Å². The van der Waals surface area contributed by atoms with Crippen LogP contribution in [0, 0.1) is 16.7 Å². The molecule has 0 radical (unpaired) electrons. The van der Waals surface area contributed by atoms with Crippen LogP contribution in [0.25, 0.3) is 6.08 Å². The fourth-order valence-electron chi connectivity index (χ4n) is 4.55. The van der Waals surface area contributed by atoms with Crippen molar-refractivity contribution in [3.63, 3.8) is 0 Å². The van der Waals surface area contributed by atoms with E-state index in [2.05, 4.69) is 0 Å². The Morgan fingerprint density at radius 3 is 2.58 bits per heavy atom. The number of ketones is 1. The monoisotopic (exact) mass is 350 g/mol. The third-order valence-electron chi connectivity index (χ3n) is 5.99. The van der Waals surface area contributed by atoms with Crippen molar-refractivity contribution in [1.82, 2.24) is 0 Å². The van der Waals surface area contributed by atoms with Gasteiger partial charge in [-0.25, -0.2) is 0 Å². The Labute approximate surface area is 142 Å². The molecule has 2 saturated carbocycles. The molecule has 0 aromatic heterocycles. The molecule has 24 heavy (non-hydrogen) atoms. The van der Waals surface area contributed by atoms with E-state index in [4.69, 9.17) is 4.74 Å². The lowest BCUT2D eigenvalue weighted by Gasteiger charge is -2.37. The molecule has 2 fully saturated rings. The van der Waals surface area contributed by atoms with Crippen LogP contribution >= 0.6 is 0 Å². The SMILES string of the molecule is COc1cccc(C=C(C23CCC(CC2=O)C3(C)C)S(=O)(=O)O)c1. The summed E-state index contributed by atoms with van der Waals surface area (Å²) in [7, 11) is -2.99. The topological polar surface area (TPSA) is 80.7 Å². The fraction of sp³-hybridized carbons (Fsp3) is 0.500. The molecule has 0 aliphatic heterocycles. The summed E-state index contributed by atoms with van der Waals surface area (Å²) in [5.74, 6) is 0.647. The molecule has 1 aromatic carbocycles. The minimum absolute atomic E-state index is 0.0875. The zero-order chi connectivity index (χ0) is 17.8. The molecule has 0 spiro atoms. The van der Waals surface area contributed by atoms with Crippen LogP contribution in [0.1, 0.15) is 38.7 Å². The summed E-state index contributed by atoms with van der Waals surface area (Å²) < 4.78 is 39.5. The van der Waals surface area contributed by atoms with Crippen molar-refractivity contribution in [2.75, 3.05) is 7.11 Å². The summed E-state index contributed by atoms with van der Waals surface area (Å²) in [6.45, 7) is 3.86. The van der Waals surface area contributed by atoms with Crippen LogP contribution in [0.4, 0.5) is 0 Å². The normalized spacial score (nSPS) is 29.1. The molecule has 2 unspecified atom stereocenters. The van der Waals surface area contributed by atoms with E-state index in [0.717, 1.165) is 6.42 Å². The second-order valence-corrected chi connectivity index (χ2v) is 8.64. The number of ether oxygens (including phenoxy) is 1. The largest absolute Gasteiger partial charge is 0.497 e. The first-order valence-corrected chi connectivity index (χ1v) is 9.44. The molecule has 2 aliphatic rings.